The van der Waals surface area contributed by atoms with Crippen molar-refractivity contribution in [2.24, 2.45) is 0 Å². The minimum absolute atomic E-state index is 0.0187. The summed E-state index contributed by atoms with van der Waals surface area (Å²) in [5.41, 5.74) is 2.07. The molecule has 1 saturated carbocycles. The fraction of sp³-hybridized carbons (Fsp3) is 0.438. The van der Waals surface area contributed by atoms with Gasteiger partial charge < -0.3 is 9.73 Å². The van der Waals surface area contributed by atoms with Crippen molar-refractivity contribution < 1.29 is 4.42 Å². The molecule has 1 fully saturated rings. The van der Waals surface area contributed by atoms with Crippen molar-refractivity contribution in [3.63, 3.8) is 0 Å². The van der Waals surface area contributed by atoms with Crippen LogP contribution >= 0.6 is 0 Å². The summed E-state index contributed by atoms with van der Waals surface area (Å²) in [6, 6.07) is 7.57. The van der Waals surface area contributed by atoms with Gasteiger partial charge in [0.15, 0.2) is 5.43 Å². The van der Waals surface area contributed by atoms with Gasteiger partial charge in [-0.1, -0.05) is 6.07 Å². The van der Waals surface area contributed by atoms with E-state index in [2.05, 4.69) is 19.2 Å². The molecule has 1 aromatic heterocycles. The van der Waals surface area contributed by atoms with E-state index in [1.165, 1.54) is 31.6 Å². The summed E-state index contributed by atoms with van der Waals surface area (Å²) in [5, 5.41) is 4.32. The van der Waals surface area contributed by atoms with E-state index in [4.69, 9.17) is 4.42 Å². The Bertz CT molecular complexity index is 655. The molecule has 0 radical (unpaired) electrons. The number of fused-ring (bicyclic) bond motifs is 1. The smallest absolute Gasteiger partial charge is 0.192 e. The molecule has 1 aliphatic rings. The van der Waals surface area contributed by atoms with Crippen LogP contribution in [0.2, 0.25) is 0 Å². The van der Waals surface area contributed by atoms with Crippen molar-refractivity contribution in [3.8, 4) is 0 Å². The molecule has 3 rings (SSSR count). The van der Waals surface area contributed by atoms with Crippen LogP contribution in [0.3, 0.4) is 0 Å². The molecule has 19 heavy (non-hydrogen) atoms. The van der Waals surface area contributed by atoms with Gasteiger partial charge in [-0.25, -0.2) is 0 Å². The lowest BCUT2D eigenvalue weighted by atomic mass is 9.78. The lowest BCUT2D eigenvalue weighted by Gasteiger charge is -2.41. The summed E-state index contributed by atoms with van der Waals surface area (Å²) < 4.78 is 5.34. The molecule has 1 N–H and O–H groups in total. The van der Waals surface area contributed by atoms with E-state index in [-0.39, 0.29) is 17.0 Å². The Hall–Kier alpha value is -1.61. The molecule has 0 aliphatic heterocycles. The molecule has 100 valence electrons. The minimum atomic E-state index is 0.0187. The van der Waals surface area contributed by atoms with Crippen LogP contribution in [0.25, 0.3) is 11.0 Å². The van der Waals surface area contributed by atoms with E-state index in [1.807, 2.05) is 18.2 Å². The Morgan fingerprint density at radius 1 is 1.32 bits per heavy atom. The summed E-state index contributed by atoms with van der Waals surface area (Å²) in [5.74, 6) is 0. The number of hydrogen-bond acceptors (Lipinski definition) is 3. The fourth-order valence-corrected chi connectivity index (χ4v) is 2.83. The molecule has 0 saturated heterocycles. The molecule has 3 heteroatoms. The van der Waals surface area contributed by atoms with Crippen LogP contribution in [-0.2, 0) is 0 Å². The predicted octanol–water partition coefficient (Wildman–Crippen LogP) is 3.39. The zero-order valence-electron chi connectivity index (χ0n) is 11.4. The highest BCUT2D eigenvalue weighted by Crippen LogP contribution is 2.33. The van der Waals surface area contributed by atoms with Gasteiger partial charge in [-0.15, -0.1) is 0 Å². The first-order valence-corrected chi connectivity index (χ1v) is 6.87. The highest BCUT2D eigenvalue weighted by atomic mass is 16.3. The van der Waals surface area contributed by atoms with Crippen LogP contribution in [0.4, 0.5) is 0 Å². The number of rotatable bonds is 3. The summed E-state index contributed by atoms with van der Waals surface area (Å²) in [6.45, 7) is 4.41. The Morgan fingerprint density at radius 2 is 2.11 bits per heavy atom. The zero-order chi connectivity index (χ0) is 13.5. The molecule has 0 amide bonds. The molecule has 3 nitrogen and oxygen atoms in total. The monoisotopic (exact) mass is 257 g/mol. The first kappa shape index (κ1) is 12.4. The average Bonchev–Trinajstić information content (AvgIpc) is 2.37. The van der Waals surface area contributed by atoms with Crippen LogP contribution in [-0.4, -0.2) is 5.54 Å². The molecule has 0 spiro atoms. The summed E-state index contributed by atoms with van der Waals surface area (Å²) >= 11 is 0. The van der Waals surface area contributed by atoms with E-state index in [9.17, 15) is 4.79 Å². The zero-order valence-corrected chi connectivity index (χ0v) is 11.4. The molecule has 1 aromatic carbocycles. The van der Waals surface area contributed by atoms with Gasteiger partial charge in [0, 0.05) is 17.6 Å². The second-order valence-corrected chi connectivity index (χ2v) is 5.82. The fourth-order valence-electron chi connectivity index (χ4n) is 2.83. The van der Waals surface area contributed by atoms with Crippen LogP contribution in [0.5, 0.6) is 0 Å². The maximum atomic E-state index is 11.8. The highest BCUT2D eigenvalue weighted by Gasteiger charge is 2.32. The van der Waals surface area contributed by atoms with Gasteiger partial charge in [0.1, 0.15) is 5.58 Å². The van der Waals surface area contributed by atoms with Crippen molar-refractivity contribution in [1.82, 2.24) is 5.32 Å². The summed E-state index contributed by atoms with van der Waals surface area (Å²) in [7, 11) is 0. The molecule has 1 heterocycles. The SMILES string of the molecule is CC(NC1(C)CCC1)c1ccc2occc(=O)c2c1. The highest BCUT2D eigenvalue weighted by molar-refractivity contribution is 5.77. The molecular weight excluding hydrogens is 238 g/mol. The largest absolute Gasteiger partial charge is 0.464 e. The van der Waals surface area contributed by atoms with Crippen LogP contribution in [0.1, 0.15) is 44.7 Å². The van der Waals surface area contributed by atoms with E-state index < -0.39 is 0 Å². The van der Waals surface area contributed by atoms with Crippen LogP contribution < -0.4 is 10.7 Å². The summed E-state index contributed by atoms with van der Waals surface area (Å²) in [4.78, 5) is 11.8. The van der Waals surface area contributed by atoms with E-state index in [0.717, 1.165) is 5.56 Å². The Kier molecular flexibility index (Phi) is 2.94. The molecule has 1 aliphatic carbocycles. The predicted molar refractivity (Wildman–Crippen MR) is 76.3 cm³/mol. The third-order valence-corrected chi connectivity index (χ3v) is 4.21. The first-order valence-electron chi connectivity index (χ1n) is 6.87. The van der Waals surface area contributed by atoms with Crippen molar-refractivity contribution in [2.75, 3.05) is 0 Å². The van der Waals surface area contributed by atoms with E-state index in [0.29, 0.717) is 11.0 Å². The van der Waals surface area contributed by atoms with Crippen molar-refractivity contribution in [2.45, 2.75) is 44.7 Å². The van der Waals surface area contributed by atoms with Gasteiger partial charge in [-0.3, -0.25) is 4.79 Å². The van der Waals surface area contributed by atoms with E-state index >= 15 is 0 Å². The molecule has 2 aromatic rings. The molecular formula is C16H19NO2. The topological polar surface area (TPSA) is 42.2 Å². The maximum absolute atomic E-state index is 11.8. The molecule has 0 bridgehead atoms. The molecule has 1 atom stereocenters. The number of benzene rings is 1. The normalized spacial score (nSPS) is 19.1. The van der Waals surface area contributed by atoms with Crippen molar-refractivity contribution in [3.05, 3.63) is 46.3 Å². The summed E-state index contributed by atoms with van der Waals surface area (Å²) in [6.07, 6.45) is 5.21. The maximum Gasteiger partial charge on any atom is 0.192 e. The Balaban J connectivity index is 1.92. The number of nitrogens with one attached hydrogen (secondary N) is 1. The van der Waals surface area contributed by atoms with Gasteiger partial charge in [-0.05, 0) is 50.8 Å². The third-order valence-electron chi connectivity index (χ3n) is 4.21. The minimum Gasteiger partial charge on any atom is -0.464 e. The average molecular weight is 257 g/mol. The standard InChI is InChI=1S/C16H19NO2/c1-11(17-16(2)7-3-8-16)12-4-5-15-13(10-12)14(18)6-9-19-15/h4-6,9-11,17H,3,7-8H2,1-2H3. The number of hydrogen-bond donors (Lipinski definition) is 1. The van der Waals surface area contributed by atoms with Gasteiger partial charge in [0.25, 0.3) is 0 Å². The Morgan fingerprint density at radius 3 is 2.79 bits per heavy atom. The lowest BCUT2D eigenvalue weighted by molar-refractivity contribution is 0.190. The second-order valence-electron chi connectivity index (χ2n) is 5.82. The Labute approximate surface area is 112 Å². The van der Waals surface area contributed by atoms with Gasteiger partial charge in [0.05, 0.1) is 11.6 Å². The van der Waals surface area contributed by atoms with Crippen LogP contribution in [0.15, 0.2) is 39.7 Å². The van der Waals surface area contributed by atoms with Gasteiger partial charge in [-0.2, -0.15) is 0 Å². The lowest BCUT2D eigenvalue weighted by Crippen LogP contribution is -2.49. The van der Waals surface area contributed by atoms with E-state index in [1.54, 1.807) is 0 Å². The quantitative estimate of drug-likeness (QED) is 0.916. The van der Waals surface area contributed by atoms with Gasteiger partial charge in [0.2, 0.25) is 0 Å². The van der Waals surface area contributed by atoms with Crippen LogP contribution in [0, 0.1) is 0 Å². The molecule has 1 unspecified atom stereocenters. The van der Waals surface area contributed by atoms with Crippen molar-refractivity contribution >= 4 is 11.0 Å². The second kappa shape index (κ2) is 4.49. The van der Waals surface area contributed by atoms with Gasteiger partial charge >= 0.3 is 0 Å². The first-order chi connectivity index (χ1) is 9.07. The van der Waals surface area contributed by atoms with Crippen molar-refractivity contribution in [1.29, 1.82) is 0 Å². The third kappa shape index (κ3) is 2.30.